The number of nitrogens with one attached hydrogen (secondary N) is 3. The smallest absolute Gasteiger partial charge is 0.325 e. The second-order valence-electron chi connectivity index (χ2n) is 7.01. The van der Waals surface area contributed by atoms with Crippen LogP contribution in [0.4, 0.5) is 0 Å². The van der Waals surface area contributed by atoms with Gasteiger partial charge in [0.2, 0.25) is 11.8 Å². The summed E-state index contributed by atoms with van der Waals surface area (Å²) < 4.78 is 11.7. The standard InChI is InChI=1S/C19H34N3O5PS2/c1-13(23)10-29-15-6-7-16(15)30-11-17(24)21-8-4-3-5-14(20-2)19(26)22-9-18(25)27-12-28/h14-16,20H,3-12,28H2,1-2H3,(H,21,24)(H,22,26)/t14-,15?,16?/m0/s1/i12T/t12?,14-,15?,16?. The van der Waals surface area contributed by atoms with E-state index < -0.39 is 18.3 Å². The van der Waals surface area contributed by atoms with Crippen LogP contribution in [0, 0.1) is 0 Å². The molecule has 0 aromatic rings. The Morgan fingerprint density at radius 2 is 1.80 bits per heavy atom. The Morgan fingerprint density at radius 3 is 2.37 bits per heavy atom. The normalized spacial score (nSPS) is 20.3. The first-order valence-corrected chi connectivity index (χ1v) is 12.8. The van der Waals surface area contributed by atoms with Crippen LogP contribution in [0.3, 0.4) is 0 Å². The van der Waals surface area contributed by atoms with Gasteiger partial charge in [0.05, 0.1) is 18.9 Å². The van der Waals surface area contributed by atoms with Gasteiger partial charge in [-0.25, -0.2) is 0 Å². The van der Waals surface area contributed by atoms with Crippen LogP contribution in [-0.4, -0.2) is 78.1 Å². The zero-order valence-corrected chi connectivity index (χ0v) is 20.4. The molecule has 30 heavy (non-hydrogen) atoms. The van der Waals surface area contributed by atoms with Crippen molar-refractivity contribution in [2.24, 2.45) is 0 Å². The molecule has 0 spiro atoms. The number of Topliss-reactive ketones (excluding diaryl/α,β-unsaturated/α-hetero) is 1. The minimum atomic E-state index is -1.04. The third-order valence-electron chi connectivity index (χ3n) is 4.59. The van der Waals surface area contributed by atoms with Crippen molar-refractivity contribution >= 4 is 56.3 Å². The number of carbonyl (C=O) groups excluding carboxylic acids is 4. The first-order valence-electron chi connectivity index (χ1n) is 10.6. The van der Waals surface area contributed by atoms with Gasteiger partial charge < -0.3 is 20.7 Å². The van der Waals surface area contributed by atoms with Crippen LogP contribution in [0.1, 0.15) is 40.4 Å². The largest absolute Gasteiger partial charge is 0.460 e. The maximum Gasteiger partial charge on any atom is 0.325 e. The Kier molecular flexibility index (Phi) is 13.5. The van der Waals surface area contributed by atoms with E-state index in [4.69, 9.17) is 1.37 Å². The van der Waals surface area contributed by atoms with Gasteiger partial charge in [0.1, 0.15) is 18.7 Å². The summed E-state index contributed by atoms with van der Waals surface area (Å²) in [7, 11) is 3.70. The third-order valence-corrected chi connectivity index (χ3v) is 7.89. The first-order chi connectivity index (χ1) is 14.7. The summed E-state index contributed by atoms with van der Waals surface area (Å²) in [6.45, 7) is 1.88. The molecule has 4 unspecified atom stereocenters. The quantitative estimate of drug-likeness (QED) is 0.170. The van der Waals surface area contributed by atoms with E-state index in [0.29, 0.717) is 35.0 Å². The Labute approximate surface area is 191 Å². The maximum absolute atomic E-state index is 12.1. The molecular formula is C19H34N3O5PS2. The van der Waals surface area contributed by atoms with E-state index in [1.165, 1.54) is 0 Å². The Bertz CT molecular complexity index is 615. The topological polar surface area (TPSA) is 114 Å². The molecule has 1 aliphatic carbocycles. The second-order valence-corrected chi connectivity index (χ2v) is 9.74. The van der Waals surface area contributed by atoms with Gasteiger partial charge >= 0.3 is 5.97 Å². The molecule has 172 valence electrons. The summed E-state index contributed by atoms with van der Waals surface area (Å²) in [5, 5.41) is 9.24. The summed E-state index contributed by atoms with van der Waals surface area (Å²) in [5.41, 5.74) is 0. The fourth-order valence-corrected chi connectivity index (χ4v) is 5.63. The number of esters is 1. The minimum absolute atomic E-state index is 0.00965. The third kappa shape index (κ3) is 11.5. The Balaban J connectivity index is 2.11. The molecule has 2 amide bonds. The lowest BCUT2D eigenvalue weighted by atomic mass is 9.99. The van der Waals surface area contributed by atoms with Crippen LogP contribution in [0.25, 0.3) is 0 Å². The molecule has 0 heterocycles. The average molecular weight is 482 g/mol. The number of hydrogen-bond acceptors (Lipinski definition) is 8. The molecule has 1 fully saturated rings. The molecular weight excluding hydrogens is 445 g/mol. The molecule has 0 radical (unpaired) electrons. The molecule has 3 N–H and O–H groups in total. The second kappa shape index (κ2) is 15.9. The summed E-state index contributed by atoms with van der Waals surface area (Å²) >= 11 is 3.36. The number of amides is 2. The number of rotatable bonds is 16. The summed E-state index contributed by atoms with van der Waals surface area (Å²) in [6, 6.07) is -0.440. The molecule has 1 aliphatic rings. The van der Waals surface area contributed by atoms with Crippen molar-refractivity contribution in [2.45, 2.75) is 55.6 Å². The zero-order valence-electron chi connectivity index (χ0n) is 18.6. The number of carbonyl (C=O) groups is 4. The lowest BCUT2D eigenvalue weighted by molar-refractivity contribution is -0.142. The fraction of sp³-hybridized carbons (Fsp3) is 0.789. The zero-order chi connectivity index (χ0) is 23.2. The van der Waals surface area contributed by atoms with Gasteiger partial charge in [-0.3, -0.25) is 19.2 Å². The summed E-state index contributed by atoms with van der Waals surface area (Å²) in [6.07, 6.45) is 3.23. The van der Waals surface area contributed by atoms with E-state index >= 15 is 0 Å². The minimum Gasteiger partial charge on any atom is -0.460 e. The van der Waals surface area contributed by atoms with Crippen molar-refractivity contribution in [1.29, 1.82) is 0 Å². The van der Waals surface area contributed by atoms with E-state index in [0.717, 1.165) is 25.7 Å². The number of ether oxygens (including phenoxy) is 1. The van der Waals surface area contributed by atoms with Crippen molar-refractivity contribution in [3.05, 3.63) is 0 Å². The summed E-state index contributed by atoms with van der Waals surface area (Å²) in [5.74, 6) is 0.210. The molecule has 0 bridgehead atoms. The number of unbranched alkanes of at least 4 members (excludes halogenated alkanes) is 1. The van der Waals surface area contributed by atoms with Gasteiger partial charge in [-0.15, -0.1) is 23.5 Å². The maximum atomic E-state index is 12.1. The molecule has 0 aromatic carbocycles. The lowest BCUT2D eigenvalue weighted by Crippen LogP contribution is -2.44. The predicted octanol–water partition coefficient (Wildman–Crippen LogP) is 0.939. The van der Waals surface area contributed by atoms with E-state index in [2.05, 4.69) is 20.7 Å². The lowest BCUT2D eigenvalue weighted by Gasteiger charge is -2.35. The molecule has 1 saturated carbocycles. The highest BCUT2D eigenvalue weighted by atomic mass is 32.2. The SMILES string of the molecule is [3H]C(P)OC(=O)CNC(=O)[C@H](CCCCNC(=O)CSC1CCC1SCC(C)=O)NC. The van der Waals surface area contributed by atoms with Crippen LogP contribution in [-0.2, 0) is 23.9 Å². The fourth-order valence-electron chi connectivity index (χ4n) is 2.79. The van der Waals surface area contributed by atoms with Crippen LogP contribution in [0.5, 0.6) is 0 Å². The number of likely N-dealkylation sites (N-methyl/N-ethyl adjacent to an activating group) is 1. The van der Waals surface area contributed by atoms with Gasteiger partial charge in [0, 0.05) is 17.0 Å². The van der Waals surface area contributed by atoms with Crippen molar-refractivity contribution < 1.29 is 25.3 Å². The van der Waals surface area contributed by atoms with E-state index in [1.807, 2.05) is 9.24 Å². The molecule has 8 nitrogen and oxygen atoms in total. The molecule has 1 rings (SSSR count). The van der Waals surface area contributed by atoms with Gasteiger partial charge in [-0.05, 0) is 46.1 Å². The van der Waals surface area contributed by atoms with E-state index in [-0.39, 0.29) is 24.1 Å². The van der Waals surface area contributed by atoms with Crippen molar-refractivity contribution in [3.8, 4) is 0 Å². The van der Waals surface area contributed by atoms with Crippen LogP contribution >= 0.6 is 32.8 Å². The number of ketones is 1. The van der Waals surface area contributed by atoms with Gasteiger partial charge in [0.15, 0.2) is 0 Å². The monoisotopic (exact) mass is 481 g/mol. The molecule has 0 saturated heterocycles. The average Bonchev–Trinajstić information content (AvgIpc) is 2.67. The molecule has 0 aliphatic heterocycles. The van der Waals surface area contributed by atoms with Crippen molar-refractivity contribution in [2.75, 3.05) is 38.0 Å². The molecule has 11 heteroatoms. The van der Waals surface area contributed by atoms with E-state index in [9.17, 15) is 19.2 Å². The van der Waals surface area contributed by atoms with Gasteiger partial charge in [0.25, 0.3) is 0 Å². The summed E-state index contributed by atoms with van der Waals surface area (Å²) in [4.78, 5) is 46.6. The van der Waals surface area contributed by atoms with Crippen LogP contribution in [0.2, 0.25) is 0 Å². The van der Waals surface area contributed by atoms with E-state index in [1.54, 1.807) is 37.5 Å². The van der Waals surface area contributed by atoms with Crippen LogP contribution in [0.15, 0.2) is 0 Å². The highest BCUT2D eigenvalue weighted by Crippen LogP contribution is 2.39. The van der Waals surface area contributed by atoms with Crippen molar-refractivity contribution in [1.82, 2.24) is 16.0 Å². The molecule has 0 aromatic heterocycles. The Hall–Kier alpha value is -0.830. The Morgan fingerprint density at radius 1 is 1.13 bits per heavy atom. The highest BCUT2D eigenvalue weighted by Gasteiger charge is 2.32. The van der Waals surface area contributed by atoms with Gasteiger partial charge in [-0.1, -0.05) is 9.24 Å². The number of hydrogen-bond donors (Lipinski definition) is 3. The first kappa shape index (κ1) is 25.4. The number of thioether (sulfide) groups is 2. The van der Waals surface area contributed by atoms with Crippen molar-refractivity contribution in [3.63, 3.8) is 0 Å². The predicted molar refractivity (Wildman–Crippen MR) is 126 cm³/mol. The van der Waals surface area contributed by atoms with Gasteiger partial charge in [-0.2, -0.15) is 0 Å². The highest BCUT2D eigenvalue weighted by molar-refractivity contribution is 8.04. The van der Waals surface area contributed by atoms with Crippen LogP contribution < -0.4 is 16.0 Å². The molecule has 5 atom stereocenters.